The topological polar surface area (TPSA) is 70.7 Å². The molecule has 0 radical (unpaired) electrons. The van der Waals surface area contributed by atoms with Gasteiger partial charge in [-0.15, -0.1) is 0 Å². The molecule has 6 nitrogen and oxygen atoms in total. The highest BCUT2D eigenvalue weighted by Crippen LogP contribution is 2.22. The van der Waals surface area contributed by atoms with Gasteiger partial charge < -0.3 is 20.3 Å². The lowest BCUT2D eigenvalue weighted by Gasteiger charge is -2.31. The summed E-state index contributed by atoms with van der Waals surface area (Å²) >= 11 is 0. The number of carbonyl (C=O) groups is 2. The number of amides is 2. The maximum atomic E-state index is 12.7. The minimum Gasteiger partial charge on any atom is -0.484 e. The van der Waals surface area contributed by atoms with E-state index in [1.807, 2.05) is 54.6 Å². The van der Waals surface area contributed by atoms with Crippen LogP contribution in [0.5, 0.6) is 5.75 Å². The van der Waals surface area contributed by atoms with E-state index >= 15 is 0 Å². The number of carbonyl (C=O) groups excluding carboxylic acids is 2. The molecule has 2 aromatic carbocycles. The number of hydrogen-bond donors (Lipinski definition) is 2. The first kappa shape index (κ1) is 20.9. The van der Waals surface area contributed by atoms with E-state index in [1.54, 1.807) is 4.90 Å². The summed E-state index contributed by atoms with van der Waals surface area (Å²) in [5, 5.41) is 6.37. The summed E-state index contributed by atoms with van der Waals surface area (Å²) in [6.45, 7) is 4.84. The normalized spacial score (nSPS) is 14.4. The molecule has 0 spiro atoms. The van der Waals surface area contributed by atoms with Crippen LogP contribution in [-0.2, 0) is 16.1 Å². The second kappa shape index (κ2) is 10.6. The number of para-hydroxylation sites is 2. The third kappa shape index (κ3) is 6.06. The predicted molar refractivity (Wildman–Crippen MR) is 114 cm³/mol. The van der Waals surface area contributed by atoms with Crippen LogP contribution in [0.2, 0.25) is 0 Å². The van der Waals surface area contributed by atoms with E-state index in [9.17, 15) is 9.59 Å². The minimum absolute atomic E-state index is 0.0265. The van der Waals surface area contributed by atoms with E-state index in [1.165, 1.54) is 0 Å². The molecule has 2 N–H and O–H groups in total. The van der Waals surface area contributed by atoms with E-state index in [0.29, 0.717) is 31.7 Å². The van der Waals surface area contributed by atoms with Crippen molar-refractivity contribution in [1.29, 1.82) is 0 Å². The molecule has 1 saturated heterocycles. The Morgan fingerprint density at radius 1 is 1.03 bits per heavy atom. The van der Waals surface area contributed by atoms with E-state index in [-0.39, 0.29) is 24.3 Å². The van der Waals surface area contributed by atoms with E-state index in [4.69, 9.17) is 4.74 Å². The first-order valence-corrected chi connectivity index (χ1v) is 10.2. The smallest absolute Gasteiger partial charge is 0.260 e. The third-order valence-electron chi connectivity index (χ3n) is 5.16. The van der Waals surface area contributed by atoms with Gasteiger partial charge in [-0.05, 0) is 43.1 Å². The van der Waals surface area contributed by atoms with Gasteiger partial charge in [-0.1, -0.05) is 43.3 Å². The molecule has 1 heterocycles. The van der Waals surface area contributed by atoms with Crippen molar-refractivity contribution < 1.29 is 14.3 Å². The molecule has 154 valence electrons. The number of rotatable bonds is 8. The fraction of sp³-hybridized carbons (Fsp3) is 0.391. The predicted octanol–water partition coefficient (Wildman–Crippen LogP) is 3.05. The molecule has 2 aromatic rings. The van der Waals surface area contributed by atoms with Crippen LogP contribution in [0.3, 0.4) is 0 Å². The van der Waals surface area contributed by atoms with Gasteiger partial charge in [-0.25, -0.2) is 0 Å². The largest absolute Gasteiger partial charge is 0.484 e. The Morgan fingerprint density at radius 2 is 1.72 bits per heavy atom. The monoisotopic (exact) mass is 395 g/mol. The van der Waals surface area contributed by atoms with Gasteiger partial charge in [0, 0.05) is 31.2 Å². The van der Waals surface area contributed by atoms with Crippen LogP contribution in [-0.4, -0.2) is 43.0 Å². The molecule has 1 aliphatic rings. The number of hydrogen-bond acceptors (Lipinski definition) is 4. The van der Waals surface area contributed by atoms with Crippen LogP contribution in [0, 0.1) is 5.92 Å². The molecule has 3 rings (SSSR count). The van der Waals surface area contributed by atoms with Crippen LogP contribution in [0.25, 0.3) is 0 Å². The summed E-state index contributed by atoms with van der Waals surface area (Å²) in [5.41, 5.74) is 1.93. The van der Waals surface area contributed by atoms with Gasteiger partial charge in [0.05, 0.1) is 0 Å². The van der Waals surface area contributed by atoms with E-state index < -0.39 is 0 Å². The Balaban J connectivity index is 1.46. The van der Waals surface area contributed by atoms with E-state index in [2.05, 4.69) is 17.6 Å². The van der Waals surface area contributed by atoms with Crippen LogP contribution in [0.4, 0.5) is 5.69 Å². The maximum Gasteiger partial charge on any atom is 0.260 e. The number of ether oxygens (including phenoxy) is 1. The van der Waals surface area contributed by atoms with Crippen molar-refractivity contribution in [2.75, 3.05) is 31.6 Å². The quantitative estimate of drug-likeness (QED) is 0.721. The Labute approximate surface area is 172 Å². The zero-order chi connectivity index (χ0) is 20.5. The highest BCUT2D eigenvalue weighted by Gasteiger charge is 2.27. The molecule has 0 saturated carbocycles. The van der Waals surface area contributed by atoms with E-state index in [0.717, 1.165) is 24.3 Å². The Morgan fingerprint density at radius 3 is 2.45 bits per heavy atom. The molecule has 0 bridgehead atoms. The summed E-state index contributed by atoms with van der Waals surface area (Å²) in [5.74, 6) is 0.595. The molecule has 1 aliphatic heterocycles. The van der Waals surface area contributed by atoms with Crippen molar-refractivity contribution in [3.8, 4) is 5.75 Å². The number of benzene rings is 2. The minimum atomic E-state index is -0.0821. The van der Waals surface area contributed by atoms with Crippen LogP contribution >= 0.6 is 0 Å². The zero-order valence-electron chi connectivity index (χ0n) is 16.9. The van der Waals surface area contributed by atoms with Crippen LogP contribution in [0.15, 0.2) is 54.6 Å². The standard InChI is InChI=1S/C23H29N3O3/c1-2-24-16-19-8-6-7-11-21(19)25-23(28)18-12-14-26(15-13-18)22(27)17-29-20-9-4-3-5-10-20/h3-11,18,24H,2,12-17H2,1H3,(H,25,28). The average molecular weight is 396 g/mol. The maximum absolute atomic E-state index is 12.7. The van der Waals surface area contributed by atoms with Gasteiger partial charge in [0.25, 0.3) is 5.91 Å². The van der Waals surface area contributed by atoms with Crippen molar-refractivity contribution in [3.05, 3.63) is 60.2 Å². The molecule has 0 unspecified atom stereocenters. The number of nitrogens with one attached hydrogen (secondary N) is 2. The lowest BCUT2D eigenvalue weighted by molar-refractivity contribution is -0.136. The summed E-state index contributed by atoms with van der Waals surface area (Å²) < 4.78 is 5.54. The van der Waals surface area contributed by atoms with Gasteiger partial charge in [0.15, 0.2) is 6.61 Å². The van der Waals surface area contributed by atoms with Gasteiger partial charge in [-0.3, -0.25) is 9.59 Å². The second-order valence-corrected chi connectivity index (χ2v) is 7.18. The fourth-order valence-corrected chi connectivity index (χ4v) is 3.44. The SMILES string of the molecule is CCNCc1ccccc1NC(=O)C1CCN(C(=O)COc2ccccc2)CC1. The second-order valence-electron chi connectivity index (χ2n) is 7.18. The van der Waals surface area contributed by atoms with Crippen molar-refractivity contribution in [3.63, 3.8) is 0 Å². The molecule has 2 amide bonds. The van der Waals surface area contributed by atoms with Crippen molar-refractivity contribution in [2.45, 2.75) is 26.3 Å². The number of anilines is 1. The fourth-order valence-electron chi connectivity index (χ4n) is 3.44. The lowest BCUT2D eigenvalue weighted by Crippen LogP contribution is -2.43. The summed E-state index contributed by atoms with van der Waals surface area (Å²) in [6.07, 6.45) is 1.33. The number of likely N-dealkylation sites (tertiary alicyclic amines) is 1. The molecular weight excluding hydrogens is 366 g/mol. The molecule has 0 aliphatic carbocycles. The van der Waals surface area contributed by atoms with Crippen molar-refractivity contribution in [2.24, 2.45) is 5.92 Å². The number of nitrogens with zero attached hydrogens (tertiary/aromatic N) is 1. The molecular formula is C23H29N3O3. The molecule has 6 heteroatoms. The van der Waals surface area contributed by atoms with Crippen molar-refractivity contribution >= 4 is 17.5 Å². The first-order valence-electron chi connectivity index (χ1n) is 10.2. The first-order chi connectivity index (χ1) is 14.2. The van der Waals surface area contributed by atoms with Gasteiger partial charge >= 0.3 is 0 Å². The van der Waals surface area contributed by atoms with Gasteiger partial charge in [-0.2, -0.15) is 0 Å². The van der Waals surface area contributed by atoms with Crippen LogP contribution < -0.4 is 15.4 Å². The summed E-state index contributed by atoms with van der Waals surface area (Å²) in [6, 6.07) is 17.2. The molecule has 29 heavy (non-hydrogen) atoms. The Bertz CT molecular complexity index is 802. The highest BCUT2D eigenvalue weighted by atomic mass is 16.5. The van der Waals surface area contributed by atoms with Crippen molar-refractivity contribution in [1.82, 2.24) is 10.2 Å². The molecule has 0 aromatic heterocycles. The highest BCUT2D eigenvalue weighted by molar-refractivity contribution is 5.93. The zero-order valence-corrected chi connectivity index (χ0v) is 16.9. The average Bonchev–Trinajstić information content (AvgIpc) is 2.77. The summed E-state index contributed by atoms with van der Waals surface area (Å²) in [7, 11) is 0. The van der Waals surface area contributed by atoms with Gasteiger partial charge in [0.1, 0.15) is 5.75 Å². The third-order valence-corrected chi connectivity index (χ3v) is 5.16. The summed E-state index contributed by atoms with van der Waals surface area (Å²) in [4.78, 5) is 26.9. The molecule has 1 fully saturated rings. The Kier molecular flexibility index (Phi) is 7.64. The molecule has 0 atom stereocenters. The lowest BCUT2D eigenvalue weighted by atomic mass is 9.95. The van der Waals surface area contributed by atoms with Gasteiger partial charge in [0.2, 0.25) is 5.91 Å². The number of piperidine rings is 1. The van der Waals surface area contributed by atoms with Crippen LogP contribution in [0.1, 0.15) is 25.3 Å². The Hall–Kier alpha value is -2.86.